The van der Waals surface area contributed by atoms with E-state index in [1.807, 2.05) is 6.07 Å². The van der Waals surface area contributed by atoms with Gasteiger partial charge >= 0.3 is 6.18 Å². The molecule has 1 unspecified atom stereocenters. The Morgan fingerprint density at radius 3 is 2.19 bits per heavy atom. The van der Waals surface area contributed by atoms with E-state index < -0.39 is 23.7 Å². The molecule has 4 nitrogen and oxygen atoms in total. The van der Waals surface area contributed by atoms with Crippen LogP contribution in [0.4, 0.5) is 18.9 Å². The molecule has 0 aliphatic carbocycles. The lowest BCUT2D eigenvalue weighted by molar-refractivity contribution is -0.137. The van der Waals surface area contributed by atoms with Crippen LogP contribution >= 0.6 is 24.8 Å². The number of benzene rings is 2. The third-order valence-corrected chi connectivity index (χ3v) is 3.70. The minimum absolute atomic E-state index is 0. The lowest BCUT2D eigenvalue weighted by Crippen LogP contribution is -2.32. The highest BCUT2D eigenvalue weighted by Crippen LogP contribution is 2.32. The lowest BCUT2D eigenvalue weighted by Gasteiger charge is -2.24. The molecule has 3 N–H and O–H groups in total. The first-order chi connectivity index (χ1) is 11.7. The number of hydrogen-bond acceptors (Lipinski definition) is 3. The predicted octanol–water partition coefficient (Wildman–Crippen LogP) is 4.25. The Morgan fingerprint density at radius 2 is 1.70 bits per heavy atom. The van der Waals surface area contributed by atoms with Gasteiger partial charge in [0.15, 0.2) is 0 Å². The summed E-state index contributed by atoms with van der Waals surface area (Å²) in [4.78, 5) is 14.3. The fourth-order valence-corrected chi connectivity index (χ4v) is 2.58. The van der Waals surface area contributed by atoms with Crippen LogP contribution in [0.25, 0.3) is 0 Å². The van der Waals surface area contributed by atoms with Crippen LogP contribution in [0.5, 0.6) is 0 Å². The summed E-state index contributed by atoms with van der Waals surface area (Å²) < 4.78 is 39.0. The van der Waals surface area contributed by atoms with Gasteiger partial charge in [0.2, 0.25) is 5.91 Å². The Balaban J connectivity index is 0.00000338. The molecular formula is C18H22Cl2F3N3O. The summed E-state index contributed by atoms with van der Waals surface area (Å²) in [5.41, 5.74) is 5.75. The van der Waals surface area contributed by atoms with Crippen molar-refractivity contribution in [3.8, 4) is 0 Å². The molecule has 1 amide bonds. The van der Waals surface area contributed by atoms with Crippen LogP contribution in [0.2, 0.25) is 0 Å². The standard InChI is InChI=1S/C18H20F3N3O.2ClH/c1-24(2)16(13-6-4-3-5-7-13)17(25)23-15-9-12(11-22)8-14(10-15)18(19,20)21;;/h3-10,16H,11,22H2,1-2H3,(H,23,25);2*1H. The minimum Gasteiger partial charge on any atom is -0.326 e. The number of halogens is 5. The molecule has 0 spiro atoms. The maximum atomic E-state index is 13.0. The number of rotatable bonds is 5. The molecule has 0 radical (unpaired) electrons. The van der Waals surface area contributed by atoms with E-state index in [4.69, 9.17) is 5.73 Å². The highest BCUT2D eigenvalue weighted by Gasteiger charge is 2.31. The SMILES string of the molecule is CN(C)C(C(=O)Nc1cc(CN)cc(C(F)(F)F)c1)c1ccccc1.Cl.Cl. The smallest absolute Gasteiger partial charge is 0.326 e. The third kappa shape index (κ3) is 6.70. The van der Waals surface area contributed by atoms with Gasteiger partial charge in [0.1, 0.15) is 6.04 Å². The zero-order valence-corrected chi connectivity index (χ0v) is 16.4. The Morgan fingerprint density at radius 1 is 1.11 bits per heavy atom. The highest BCUT2D eigenvalue weighted by molar-refractivity contribution is 5.95. The highest BCUT2D eigenvalue weighted by atomic mass is 35.5. The molecule has 150 valence electrons. The van der Waals surface area contributed by atoms with Gasteiger partial charge in [0.25, 0.3) is 0 Å². The molecule has 9 heteroatoms. The summed E-state index contributed by atoms with van der Waals surface area (Å²) in [6, 6.07) is 11.7. The largest absolute Gasteiger partial charge is 0.416 e. The average molecular weight is 424 g/mol. The molecule has 1 atom stereocenters. The molecule has 0 aromatic heterocycles. The van der Waals surface area contributed by atoms with Crippen LogP contribution in [-0.2, 0) is 17.5 Å². The van der Waals surface area contributed by atoms with Crippen molar-refractivity contribution in [3.63, 3.8) is 0 Å². The van der Waals surface area contributed by atoms with Crippen molar-refractivity contribution in [2.45, 2.75) is 18.8 Å². The third-order valence-electron chi connectivity index (χ3n) is 3.70. The normalized spacial score (nSPS) is 12.0. The van der Waals surface area contributed by atoms with E-state index >= 15 is 0 Å². The quantitative estimate of drug-likeness (QED) is 0.755. The first-order valence-electron chi connectivity index (χ1n) is 7.66. The lowest BCUT2D eigenvalue weighted by atomic mass is 10.0. The number of carbonyl (C=O) groups is 1. The van der Waals surface area contributed by atoms with E-state index in [1.54, 1.807) is 43.3 Å². The topological polar surface area (TPSA) is 58.4 Å². The van der Waals surface area contributed by atoms with Crippen molar-refractivity contribution in [1.82, 2.24) is 4.90 Å². The fourth-order valence-electron chi connectivity index (χ4n) is 2.58. The van der Waals surface area contributed by atoms with Gasteiger partial charge in [-0.25, -0.2) is 0 Å². The number of hydrogen-bond donors (Lipinski definition) is 2. The van der Waals surface area contributed by atoms with Gasteiger partial charge in [-0.1, -0.05) is 30.3 Å². The zero-order valence-electron chi connectivity index (χ0n) is 14.8. The second-order valence-corrected chi connectivity index (χ2v) is 5.89. The number of carbonyl (C=O) groups excluding carboxylic acids is 1. The van der Waals surface area contributed by atoms with Gasteiger partial charge in [0, 0.05) is 12.2 Å². The first-order valence-corrected chi connectivity index (χ1v) is 7.66. The van der Waals surface area contributed by atoms with Crippen molar-refractivity contribution in [2.24, 2.45) is 5.73 Å². The average Bonchev–Trinajstić information content (AvgIpc) is 2.54. The van der Waals surface area contributed by atoms with Crippen molar-refractivity contribution < 1.29 is 18.0 Å². The van der Waals surface area contributed by atoms with Crippen LogP contribution in [0.15, 0.2) is 48.5 Å². The number of nitrogens with one attached hydrogen (secondary N) is 1. The van der Waals surface area contributed by atoms with Gasteiger partial charge in [-0.15, -0.1) is 24.8 Å². The van der Waals surface area contributed by atoms with E-state index in [9.17, 15) is 18.0 Å². The predicted molar refractivity (Wildman–Crippen MR) is 105 cm³/mol. The van der Waals surface area contributed by atoms with Crippen molar-refractivity contribution in [3.05, 3.63) is 65.2 Å². The molecule has 0 saturated carbocycles. The van der Waals surface area contributed by atoms with E-state index in [0.717, 1.165) is 17.7 Å². The number of nitrogens with two attached hydrogens (primary N) is 1. The van der Waals surface area contributed by atoms with Crippen LogP contribution in [0, 0.1) is 0 Å². The molecule has 0 aliphatic heterocycles. The number of likely N-dealkylation sites (N-methyl/N-ethyl adjacent to an activating group) is 1. The Bertz CT molecular complexity index is 740. The Hall–Kier alpha value is -1.80. The summed E-state index contributed by atoms with van der Waals surface area (Å²) in [5, 5.41) is 2.57. The van der Waals surface area contributed by atoms with E-state index in [-0.39, 0.29) is 37.0 Å². The Labute approximate surface area is 168 Å². The van der Waals surface area contributed by atoms with E-state index in [2.05, 4.69) is 5.32 Å². The van der Waals surface area contributed by atoms with Gasteiger partial charge in [-0.3, -0.25) is 9.69 Å². The van der Waals surface area contributed by atoms with E-state index in [1.165, 1.54) is 6.07 Å². The van der Waals surface area contributed by atoms with Crippen molar-refractivity contribution in [2.75, 3.05) is 19.4 Å². The molecule has 0 bridgehead atoms. The number of anilines is 1. The summed E-state index contributed by atoms with van der Waals surface area (Å²) in [6.07, 6.45) is -4.51. The molecule has 0 fully saturated rings. The van der Waals surface area contributed by atoms with Crippen molar-refractivity contribution in [1.29, 1.82) is 0 Å². The van der Waals surface area contributed by atoms with Gasteiger partial charge in [0.05, 0.1) is 5.56 Å². The fraction of sp³-hybridized carbons (Fsp3) is 0.278. The second-order valence-electron chi connectivity index (χ2n) is 5.89. The molecular weight excluding hydrogens is 402 g/mol. The molecule has 0 saturated heterocycles. The minimum atomic E-state index is -4.51. The molecule has 0 heterocycles. The summed E-state index contributed by atoms with van der Waals surface area (Å²) in [7, 11) is 3.46. The molecule has 0 aliphatic rings. The molecule has 2 aromatic rings. The van der Waals surface area contributed by atoms with E-state index in [0.29, 0.717) is 5.56 Å². The molecule has 2 aromatic carbocycles. The van der Waals surface area contributed by atoms with Gasteiger partial charge < -0.3 is 11.1 Å². The van der Waals surface area contributed by atoms with Gasteiger partial charge in [-0.05, 0) is 43.4 Å². The summed E-state index contributed by atoms with van der Waals surface area (Å²) in [5.74, 6) is -0.418. The second kappa shape index (κ2) is 10.5. The number of amides is 1. The molecule has 2 rings (SSSR count). The zero-order chi connectivity index (χ0) is 18.6. The Kier molecular flexibility index (Phi) is 9.81. The van der Waals surface area contributed by atoms with Gasteiger partial charge in [-0.2, -0.15) is 13.2 Å². The van der Waals surface area contributed by atoms with Crippen LogP contribution < -0.4 is 11.1 Å². The van der Waals surface area contributed by atoms with Crippen LogP contribution in [0.1, 0.15) is 22.7 Å². The number of nitrogens with zero attached hydrogens (tertiary/aromatic N) is 1. The van der Waals surface area contributed by atoms with Crippen LogP contribution in [0.3, 0.4) is 0 Å². The monoisotopic (exact) mass is 423 g/mol. The maximum Gasteiger partial charge on any atom is 0.416 e. The van der Waals surface area contributed by atoms with Crippen molar-refractivity contribution >= 4 is 36.4 Å². The maximum absolute atomic E-state index is 13.0. The van der Waals surface area contributed by atoms with Crippen LogP contribution in [-0.4, -0.2) is 24.9 Å². The first kappa shape index (κ1) is 25.2. The number of alkyl halides is 3. The summed E-state index contributed by atoms with van der Waals surface area (Å²) >= 11 is 0. The summed E-state index contributed by atoms with van der Waals surface area (Å²) in [6.45, 7) is -0.0530. The molecule has 27 heavy (non-hydrogen) atoms.